The maximum Gasteiger partial charge on any atom is 0.323 e. The summed E-state index contributed by atoms with van der Waals surface area (Å²) in [5.74, 6) is -1.52. The Morgan fingerprint density at radius 2 is 1.72 bits per heavy atom. The third-order valence-corrected chi connectivity index (χ3v) is 4.56. The van der Waals surface area contributed by atoms with Crippen LogP contribution in [0.4, 0.5) is 29.5 Å². The number of nitrogens with zero attached hydrogens (tertiary/aromatic N) is 5. The number of nitrogens with one attached hydrogen (secondary N) is 1. The van der Waals surface area contributed by atoms with Gasteiger partial charge in [0.2, 0.25) is 0 Å². The molecular weight excluding hydrogens is 385 g/mol. The fourth-order valence-electron chi connectivity index (χ4n) is 3.13. The number of carbonyl (C=O) groups excluding carboxylic acids is 1. The van der Waals surface area contributed by atoms with Crippen LogP contribution in [0.2, 0.25) is 0 Å². The molecule has 0 radical (unpaired) electrons. The van der Waals surface area contributed by atoms with Gasteiger partial charge in [0.1, 0.15) is 11.6 Å². The topological polar surface area (TPSA) is 66.3 Å². The van der Waals surface area contributed by atoms with Gasteiger partial charge in [-0.25, -0.2) is 27.6 Å². The zero-order chi connectivity index (χ0) is 20.4. The van der Waals surface area contributed by atoms with Gasteiger partial charge in [-0.1, -0.05) is 0 Å². The molecule has 3 heterocycles. The van der Waals surface area contributed by atoms with Gasteiger partial charge < -0.3 is 9.80 Å². The summed E-state index contributed by atoms with van der Waals surface area (Å²) in [7, 11) is 0. The van der Waals surface area contributed by atoms with Crippen molar-refractivity contribution in [3.05, 3.63) is 66.2 Å². The number of benzene rings is 1. The SMILES string of the molecule is O=C(Nc1ccn(-c2ncccc2F)n1)N1CCN(c2cc(F)cc(F)c2)CC1. The average Bonchev–Trinajstić information content (AvgIpc) is 3.16. The van der Waals surface area contributed by atoms with Crippen molar-refractivity contribution in [1.29, 1.82) is 0 Å². The molecule has 2 aromatic heterocycles. The molecule has 1 fully saturated rings. The largest absolute Gasteiger partial charge is 0.368 e. The molecule has 1 aromatic carbocycles. The maximum atomic E-state index is 13.8. The highest BCUT2D eigenvalue weighted by Gasteiger charge is 2.22. The van der Waals surface area contributed by atoms with Crippen LogP contribution in [0.1, 0.15) is 0 Å². The number of amides is 2. The first kappa shape index (κ1) is 18.8. The standard InChI is InChI=1S/C19H17F3N6O/c20-13-10-14(21)12-15(11-13)26-6-8-27(9-7-26)19(29)24-17-3-5-28(25-17)18-16(22)2-1-4-23-18/h1-5,10-12H,6-9H2,(H,24,25,29). The number of urea groups is 1. The number of anilines is 2. The lowest BCUT2D eigenvalue weighted by atomic mass is 10.2. The molecule has 0 atom stereocenters. The molecule has 0 aliphatic carbocycles. The number of carbonyl (C=O) groups is 1. The first-order chi connectivity index (χ1) is 14.0. The first-order valence-corrected chi connectivity index (χ1v) is 8.93. The van der Waals surface area contributed by atoms with E-state index in [1.54, 1.807) is 4.90 Å². The van der Waals surface area contributed by atoms with Crippen LogP contribution >= 0.6 is 0 Å². The molecule has 1 saturated heterocycles. The lowest BCUT2D eigenvalue weighted by molar-refractivity contribution is 0.208. The van der Waals surface area contributed by atoms with Gasteiger partial charge in [0.05, 0.1) is 0 Å². The molecule has 0 unspecified atom stereocenters. The molecule has 0 saturated carbocycles. The third kappa shape index (κ3) is 4.15. The summed E-state index contributed by atoms with van der Waals surface area (Å²) in [5.41, 5.74) is 0.443. The highest BCUT2D eigenvalue weighted by molar-refractivity contribution is 5.88. The van der Waals surface area contributed by atoms with Crippen molar-refractivity contribution >= 4 is 17.5 Å². The van der Waals surface area contributed by atoms with Gasteiger partial charge >= 0.3 is 6.03 Å². The Hall–Kier alpha value is -3.56. The lowest BCUT2D eigenvalue weighted by Gasteiger charge is -2.35. The van der Waals surface area contributed by atoms with E-state index in [1.165, 1.54) is 47.4 Å². The molecule has 1 aliphatic rings. The summed E-state index contributed by atoms with van der Waals surface area (Å²) < 4.78 is 41.8. The Kier molecular flexibility index (Phi) is 5.07. The van der Waals surface area contributed by atoms with Crippen molar-refractivity contribution in [2.45, 2.75) is 0 Å². The van der Waals surface area contributed by atoms with Crippen LogP contribution in [-0.4, -0.2) is 51.9 Å². The van der Waals surface area contributed by atoms with Crippen LogP contribution in [-0.2, 0) is 0 Å². The van der Waals surface area contributed by atoms with Crippen LogP contribution in [0.5, 0.6) is 0 Å². The van der Waals surface area contributed by atoms with Crippen LogP contribution in [0, 0.1) is 17.5 Å². The fourth-order valence-corrected chi connectivity index (χ4v) is 3.13. The van der Waals surface area contributed by atoms with Gasteiger partial charge in [-0.2, -0.15) is 0 Å². The van der Waals surface area contributed by atoms with Gasteiger partial charge in [0.15, 0.2) is 17.5 Å². The first-order valence-electron chi connectivity index (χ1n) is 8.93. The van der Waals surface area contributed by atoms with Crippen LogP contribution < -0.4 is 10.2 Å². The predicted molar refractivity (Wildman–Crippen MR) is 100 cm³/mol. The number of aromatic nitrogens is 3. The Bertz CT molecular complexity index is 1010. The van der Waals surface area contributed by atoms with E-state index in [2.05, 4.69) is 15.4 Å². The summed E-state index contributed by atoms with van der Waals surface area (Å²) in [4.78, 5) is 19.8. The molecule has 7 nitrogen and oxygen atoms in total. The van der Waals surface area contributed by atoms with Gasteiger partial charge in [-0.05, 0) is 24.3 Å². The second kappa shape index (κ2) is 7.82. The summed E-state index contributed by atoms with van der Waals surface area (Å²) in [6.07, 6.45) is 2.94. The van der Waals surface area contributed by atoms with E-state index in [4.69, 9.17) is 0 Å². The van der Waals surface area contributed by atoms with Gasteiger partial charge in [0.25, 0.3) is 0 Å². The minimum Gasteiger partial charge on any atom is -0.368 e. The predicted octanol–water partition coefficient (Wildman–Crippen LogP) is 3.04. The van der Waals surface area contributed by atoms with Gasteiger partial charge in [-0.15, -0.1) is 5.10 Å². The average molecular weight is 402 g/mol. The Morgan fingerprint density at radius 3 is 2.41 bits per heavy atom. The molecule has 29 heavy (non-hydrogen) atoms. The molecule has 1 N–H and O–H groups in total. The fraction of sp³-hybridized carbons (Fsp3) is 0.211. The summed E-state index contributed by atoms with van der Waals surface area (Å²) in [5, 5.41) is 6.78. The second-order valence-electron chi connectivity index (χ2n) is 6.49. The molecule has 4 rings (SSSR count). The minimum atomic E-state index is -0.639. The molecular formula is C19H17F3N6O. The quantitative estimate of drug-likeness (QED) is 0.732. The van der Waals surface area contributed by atoms with E-state index in [0.717, 1.165) is 6.07 Å². The summed E-state index contributed by atoms with van der Waals surface area (Å²) >= 11 is 0. The smallest absolute Gasteiger partial charge is 0.323 e. The molecule has 0 bridgehead atoms. The van der Waals surface area contributed by atoms with E-state index in [1.807, 2.05) is 4.90 Å². The molecule has 150 valence electrons. The Morgan fingerprint density at radius 1 is 1.00 bits per heavy atom. The molecule has 10 heteroatoms. The van der Waals surface area contributed by atoms with E-state index < -0.39 is 17.5 Å². The third-order valence-electron chi connectivity index (χ3n) is 4.56. The van der Waals surface area contributed by atoms with Crippen LogP contribution in [0.3, 0.4) is 0 Å². The van der Waals surface area contributed by atoms with Gasteiger partial charge in [-0.3, -0.25) is 5.32 Å². The normalized spacial score (nSPS) is 14.2. The highest BCUT2D eigenvalue weighted by Crippen LogP contribution is 2.20. The van der Waals surface area contributed by atoms with E-state index in [-0.39, 0.29) is 17.7 Å². The van der Waals surface area contributed by atoms with E-state index >= 15 is 0 Å². The Labute approximate surface area is 164 Å². The summed E-state index contributed by atoms with van der Waals surface area (Å²) in [6.45, 7) is 1.62. The van der Waals surface area contributed by atoms with Gasteiger partial charge in [0, 0.05) is 56.4 Å². The van der Waals surface area contributed by atoms with Crippen molar-refractivity contribution in [2.24, 2.45) is 0 Å². The number of hydrogen-bond acceptors (Lipinski definition) is 4. The van der Waals surface area contributed by atoms with Crippen molar-refractivity contribution in [1.82, 2.24) is 19.7 Å². The molecule has 3 aromatic rings. The number of hydrogen-bond donors (Lipinski definition) is 1. The van der Waals surface area contributed by atoms with Crippen LogP contribution in [0.15, 0.2) is 48.8 Å². The zero-order valence-electron chi connectivity index (χ0n) is 15.2. The van der Waals surface area contributed by atoms with Crippen LogP contribution in [0.25, 0.3) is 5.82 Å². The van der Waals surface area contributed by atoms with Crippen molar-refractivity contribution in [2.75, 3.05) is 36.4 Å². The zero-order valence-corrected chi connectivity index (χ0v) is 15.2. The number of piperazine rings is 1. The maximum absolute atomic E-state index is 13.8. The highest BCUT2D eigenvalue weighted by atomic mass is 19.1. The molecule has 1 aliphatic heterocycles. The van der Waals surface area contributed by atoms with E-state index in [9.17, 15) is 18.0 Å². The monoisotopic (exact) mass is 402 g/mol. The van der Waals surface area contributed by atoms with Crippen molar-refractivity contribution in [3.8, 4) is 5.82 Å². The van der Waals surface area contributed by atoms with E-state index in [0.29, 0.717) is 31.9 Å². The molecule has 2 amide bonds. The lowest BCUT2D eigenvalue weighted by Crippen LogP contribution is -2.50. The minimum absolute atomic E-state index is 0.0314. The number of pyridine rings is 1. The number of rotatable bonds is 3. The summed E-state index contributed by atoms with van der Waals surface area (Å²) in [6, 6.07) is 7.28. The number of halogens is 3. The second-order valence-corrected chi connectivity index (χ2v) is 6.49. The van der Waals surface area contributed by atoms with Crippen molar-refractivity contribution < 1.29 is 18.0 Å². The van der Waals surface area contributed by atoms with Crippen molar-refractivity contribution in [3.63, 3.8) is 0 Å². The Balaban J connectivity index is 1.36. The molecule has 0 spiro atoms.